The summed E-state index contributed by atoms with van der Waals surface area (Å²) in [6, 6.07) is 5.50. The Morgan fingerprint density at radius 3 is 2.73 bits per heavy atom. The van der Waals surface area contributed by atoms with Gasteiger partial charge >= 0.3 is 0 Å². The molecular weight excluding hydrogens is 190 g/mol. The normalized spacial score (nSPS) is 28.1. The van der Waals surface area contributed by atoms with Gasteiger partial charge in [-0.2, -0.15) is 0 Å². The van der Waals surface area contributed by atoms with E-state index in [1.165, 1.54) is 0 Å². The van der Waals surface area contributed by atoms with E-state index >= 15 is 0 Å². The van der Waals surface area contributed by atoms with Gasteiger partial charge in [0.25, 0.3) is 0 Å². The minimum Gasteiger partial charge on any atom is -0.485 e. The van der Waals surface area contributed by atoms with Crippen molar-refractivity contribution in [2.45, 2.75) is 38.5 Å². The Bertz CT molecular complexity index is 387. The molecule has 0 aliphatic carbocycles. The number of hydrogen-bond acceptors (Lipinski definition) is 3. The smallest absolute Gasteiger partial charge is 0.131 e. The van der Waals surface area contributed by atoms with Crippen molar-refractivity contribution in [3.05, 3.63) is 29.3 Å². The highest BCUT2D eigenvalue weighted by atomic mass is 16.5. The lowest BCUT2D eigenvalue weighted by molar-refractivity contribution is -0.0571. The van der Waals surface area contributed by atoms with Gasteiger partial charge in [0.05, 0.1) is 6.04 Å². The molecule has 0 amide bonds. The van der Waals surface area contributed by atoms with Gasteiger partial charge in [-0.15, -0.1) is 0 Å². The summed E-state index contributed by atoms with van der Waals surface area (Å²) in [5.41, 5.74) is 7.40. The van der Waals surface area contributed by atoms with Crippen molar-refractivity contribution in [1.82, 2.24) is 0 Å². The standard InChI is InChI=1S/C12H17NO2/c1-7-4-5-9-8(6-7)10(13)11(14)12(2,3)15-9/h4-6,10-11,14H,13H2,1-3H3/t10-,11+/m0/s1. The molecule has 2 atom stereocenters. The van der Waals surface area contributed by atoms with E-state index in [9.17, 15) is 5.11 Å². The molecule has 0 unspecified atom stereocenters. The predicted molar refractivity (Wildman–Crippen MR) is 58.8 cm³/mol. The Labute approximate surface area is 89.9 Å². The van der Waals surface area contributed by atoms with Gasteiger partial charge in [0.2, 0.25) is 0 Å². The molecule has 0 aromatic heterocycles. The number of aliphatic hydroxyl groups excluding tert-OH is 1. The summed E-state index contributed by atoms with van der Waals surface area (Å²) in [6.07, 6.45) is -0.674. The molecule has 15 heavy (non-hydrogen) atoms. The van der Waals surface area contributed by atoms with Crippen LogP contribution >= 0.6 is 0 Å². The fourth-order valence-electron chi connectivity index (χ4n) is 1.97. The largest absolute Gasteiger partial charge is 0.485 e. The molecular formula is C12H17NO2. The molecule has 1 aliphatic rings. The van der Waals surface area contributed by atoms with Gasteiger partial charge in [0, 0.05) is 5.56 Å². The van der Waals surface area contributed by atoms with E-state index in [0.717, 1.165) is 16.9 Å². The maximum atomic E-state index is 9.99. The molecule has 0 saturated heterocycles. The quantitative estimate of drug-likeness (QED) is 0.678. The average Bonchev–Trinajstić information content (AvgIpc) is 2.16. The summed E-state index contributed by atoms with van der Waals surface area (Å²) in [5.74, 6) is 0.781. The lowest BCUT2D eigenvalue weighted by Crippen LogP contribution is -2.51. The lowest BCUT2D eigenvalue weighted by atomic mass is 9.86. The third-order valence-electron chi connectivity index (χ3n) is 2.95. The maximum absolute atomic E-state index is 9.99. The van der Waals surface area contributed by atoms with E-state index in [4.69, 9.17) is 10.5 Å². The van der Waals surface area contributed by atoms with E-state index < -0.39 is 11.7 Å². The van der Waals surface area contributed by atoms with Crippen LogP contribution in [-0.4, -0.2) is 16.8 Å². The van der Waals surface area contributed by atoms with Crippen molar-refractivity contribution in [3.63, 3.8) is 0 Å². The van der Waals surface area contributed by atoms with E-state index in [-0.39, 0.29) is 6.04 Å². The Balaban J connectivity index is 2.50. The monoisotopic (exact) mass is 207 g/mol. The zero-order chi connectivity index (χ0) is 11.2. The van der Waals surface area contributed by atoms with Crippen LogP contribution in [0.4, 0.5) is 0 Å². The molecule has 3 heteroatoms. The van der Waals surface area contributed by atoms with Crippen molar-refractivity contribution in [3.8, 4) is 5.75 Å². The zero-order valence-corrected chi connectivity index (χ0v) is 9.32. The molecule has 0 spiro atoms. The Morgan fingerprint density at radius 1 is 1.40 bits per heavy atom. The van der Waals surface area contributed by atoms with E-state index in [1.807, 2.05) is 39.0 Å². The highest BCUT2D eigenvalue weighted by molar-refractivity contribution is 5.42. The second-order valence-electron chi connectivity index (χ2n) is 4.72. The Kier molecular flexibility index (Phi) is 2.24. The van der Waals surface area contributed by atoms with E-state index in [2.05, 4.69) is 0 Å². The average molecular weight is 207 g/mol. The first kappa shape index (κ1) is 10.5. The molecule has 1 aromatic carbocycles. The van der Waals surface area contributed by atoms with Crippen LogP contribution in [0, 0.1) is 6.92 Å². The molecule has 0 fully saturated rings. The Hall–Kier alpha value is -1.06. The van der Waals surface area contributed by atoms with Gasteiger partial charge in [0.15, 0.2) is 0 Å². The van der Waals surface area contributed by atoms with Gasteiger partial charge in [-0.3, -0.25) is 0 Å². The predicted octanol–water partition coefficient (Wildman–Crippen LogP) is 1.53. The number of nitrogens with two attached hydrogens (primary N) is 1. The van der Waals surface area contributed by atoms with Crippen LogP contribution in [0.1, 0.15) is 31.0 Å². The number of ether oxygens (including phenoxy) is 1. The lowest BCUT2D eigenvalue weighted by Gasteiger charge is -2.40. The van der Waals surface area contributed by atoms with Gasteiger partial charge < -0.3 is 15.6 Å². The third-order valence-corrected chi connectivity index (χ3v) is 2.95. The van der Waals surface area contributed by atoms with E-state index in [0.29, 0.717) is 0 Å². The minimum absolute atomic E-state index is 0.372. The van der Waals surface area contributed by atoms with Crippen LogP contribution in [0.3, 0.4) is 0 Å². The number of fused-ring (bicyclic) bond motifs is 1. The van der Waals surface area contributed by atoms with Crippen molar-refractivity contribution in [1.29, 1.82) is 0 Å². The third kappa shape index (κ3) is 1.62. The van der Waals surface area contributed by atoms with Crippen molar-refractivity contribution in [2.75, 3.05) is 0 Å². The van der Waals surface area contributed by atoms with Gasteiger partial charge in [-0.05, 0) is 26.8 Å². The first-order valence-electron chi connectivity index (χ1n) is 5.15. The van der Waals surface area contributed by atoms with Crippen molar-refractivity contribution < 1.29 is 9.84 Å². The van der Waals surface area contributed by atoms with Crippen molar-refractivity contribution >= 4 is 0 Å². The van der Waals surface area contributed by atoms with Crippen LogP contribution in [0.2, 0.25) is 0 Å². The Morgan fingerprint density at radius 2 is 2.07 bits per heavy atom. The topological polar surface area (TPSA) is 55.5 Å². The van der Waals surface area contributed by atoms with Crippen LogP contribution in [0.25, 0.3) is 0 Å². The summed E-state index contributed by atoms with van der Waals surface area (Å²) >= 11 is 0. The molecule has 1 heterocycles. The van der Waals surface area contributed by atoms with E-state index in [1.54, 1.807) is 0 Å². The molecule has 3 nitrogen and oxygen atoms in total. The fraction of sp³-hybridized carbons (Fsp3) is 0.500. The summed E-state index contributed by atoms with van der Waals surface area (Å²) in [4.78, 5) is 0. The van der Waals surface area contributed by atoms with Crippen LogP contribution < -0.4 is 10.5 Å². The van der Waals surface area contributed by atoms with Crippen LogP contribution in [0.5, 0.6) is 5.75 Å². The number of rotatable bonds is 0. The number of aryl methyl sites for hydroxylation is 1. The first-order valence-corrected chi connectivity index (χ1v) is 5.15. The summed E-state index contributed by atoms with van der Waals surface area (Å²) in [7, 11) is 0. The van der Waals surface area contributed by atoms with Gasteiger partial charge in [-0.1, -0.05) is 17.7 Å². The molecule has 3 N–H and O–H groups in total. The number of hydrogen-bond donors (Lipinski definition) is 2. The number of aliphatic hydroxyl groups is 1. The van der Waals surface area contributed by atoms with Crippen LogP contribution in [-0.2, 0) is 0 Å². The molecule has 0 radical (unpaired) electrons. The second-order valence-corrected chi connectivity index (χ2v) is 4.72. The first-order chi connectivity index (χ1) is 6.92. The van der Waals surface area contributed by atoms with Gasteiger partial charge in [0.1, 0.15) is 17.5 Å². The molecule has 0 bridgehead atoms. The highest BCUT2D eigenvalue weighted by Crippen LogP contribution is 2.38. The summed E-state index contributed by atoms with van der Waals surface area (Å²) in [6.45, 7) is 5.69. The molecule has 82 valence electrons. The SMILES string of the molecule is Cc1ccc2c(c1)[C@H](N)[C@@H](O)C(C)(C)O2. The molecule has 1 aromatic rings. The maximum Gasteiger partial charge on any atom is 0.131 e. The molecule has 2 rings (SSSR count). The second kappa shape index (κ2) is 3.22. The minimum atomic E-state index is -0.674. The van der Waals surface area contributed by atoms with Gasteiger partial charge in [-0.25, -0.2) is 0 Å². The number of benzene rings is 1. The summed E-state index contributed by atoms with van der Waals surface area (Å²) in [5, 5.41) is 9.99. The highest BCUT2D eigenvalue weighted by Gasteiger charge is 2.40. The van der Waals surface area contributed by atoms with Crippen LogP contribution in [0.15, 0.2) is 18.2 Å². The zero-order valence-electron chi connectivity index (χ0n) is 9.32. The molecule has 0 saturated carbocycles. The fourth-order valence-corrected chi connectivity index (χ4v) is 1.97. The summed E-state index contributed by atoms with van der Waals surface area (Å²) < 4.78 is 5.73. The van der Waals surface area contributed by atoms with Crippen molar-refractivity contribution in [2.24, 2.45) is 5.73 Å². The molecule has 1 aliphatic heterocycles.